The van der Waals surface area contributed by atoms with Crippen LogP contribution in [0.1, 0.15) is 48.4 Å². The van der Waals surface area contributed by atoms with E-state index in [1.165, 1.54) is 25.7 Å². The summed E-state index contributed by atoms with van der Waals surface area (Å²) in [5.41, 5.74) is 0.600. The number of ether oxygens (including phenoxy) is 1. The van der Waals surface area contributed by atoms with E-state index in [-0.39, 0.29) is 11.4 Å². The Hall–Kier alpha value is -1.40. The van der Waals surface area contributed by atoms with Crippen molar-refractivity contribution in [3.05, 3.63) is 17.5 Å². The summed E-state index contributed by atoms with van der Waals surface area (Å²) in [4.78, 5) is 17.2. The monoisotopic (exact) mass is 319 g/mol. The molecule has 3 aliphatic heterocycles. The molecule has 6 nitrogen and oxygen atoms in total. The number of likely N-dealkylation sites (tertiary alicyclic amines) is 2. The highest BCUT2D eigenvalue weighted by atomic mass is 16.5. The minimum absolute atomic E-state index is 0.00453. The summed E-state index contributed by atoms with van der Waals surface area (Å²) >= 11 is 0. The number of rotatable bonds is 3. The molecule has 0 saturated carbocycles. The van der Waals surface area contributed by atoms with Crippen LogP contribution in [0, 0.1) is 6.92 Å². The van der Waals surface area contributed by atoms with Gasteiger partial charge in [0.2, 0.25) is 0 Å². The van der Waals surface area contributed by atoms with E-state index in [0.717, 1.165) is 39.2 Å². The Morgan fingerprint density at radius 1 is 1.39 bits per heavy atom. The Bertz CT molecular complexity index is 581. The standard InChI is InChI=1S/C17H25N3O3/c1-13-10-15(18-23-13)16(21)19-7-3-5-17(12-19)6-8-20(17)11-14-4-2-9-22-14/h10,14H,2-9,11-12H2,1H3/t14-,17-/m0/s1. The van der Waals surface area contributed by atoms with Gasteiger partial charge in [0.1, 0.15) is 5.76 Å². The van der Waals surface area contributed by atoms with Crippen molar-refractivity contribution in [2.24, 2.45) is 0 Å². The first-order valence-corrected chi connectivity index (χ1v) is 8.76. The van der Waals surface area contributed by atoms with Crippen LogP contribution >= 0.6 is 0 Å². The number of carbonyl (C=O) groups excluding carboxylic acids is 1. The first-order valence-electron chi connectivity index (χ1n) is 8.76. The molecule has 4 heterocycles. The second kappa shape index (κ2) is 5.91. The van der Waals surface area contributed by atoms with E-state index in [2.05, 4.69) is 10.1 Å². The van der Waals surface area contributed by atoms with Crippen LogP contribution in [0.5, 0.6) is 0 Å². The molecule has 6 heteroatoms. The maximum atomic E-state index is 12.7. The smallest absolute Gasteiger partial charge is 0.276 e. The third-order valence-electron chi connectivity index (χ3n) is 5.66. The zero-order valence-electron chi connectivity index (χ0n) is 13.8. The van der Waals surface area contributed by atoms with Crippen molar-refractivity contribution < 1.29 is 14.1 Å². The van der Waals surface area contributed by atoms with Crippen LogP contribution in [-0.4, -0.2) is 65.3 Å². The topological polar surface area (TPSA) is 58.8 Å². The fourth-order valence-corrected chi connectivity index (χ4v) is 4.28. The normalized spacial score (nSPS) is 31.5. The van der Waals surface area contributed by atoms with Gasteiger partial charge in [0, 0.05) is 44.4 Å². The van der Waals surface area contributed by atoms with Gasteiger partial charge in [-0.2, -0.15) is 0 Å². The highest BCUT2D eigenvalue weighted by Gasteiger charge is 2.48. The molecule has 0 aliphatic carbocycles. The van der Waals surface area contributed by atoms with Crippen LogP contribution in [-0.2, 0) is 4.74 Å². The van der Waals surface area contributed by atoms with Crippen molar-refractivity contribution in [3.8, 4) is 0 Å². The maximum Gasteiger partial charge on any atom is 0.276 e. The average molecular weight is 319 g/mol. The van der Waals surface area contributed by atoms with Crippen molar-refractivity contribution in [2.75, 3.05) is 32.8 Å². The average Bonchev–Trinajstić information content (AvgIpc) is 3.22. The van der Waals surface area contributed by atoms with Crippen molar-refractivity contribution >= 4 is 5.91 Å². The van der Waals surface area contributed by atoms with Crippen molar-refractivity contribution in [2.45, 2.75) is 50.7 Å². The molecule has 1 aromatic rings. The molecular weight excluding hydrogens is 294 g/mol. The quantitative estimate of drug-likeness (QED) is 0.851. The zero-order valence-corrected chi connectivity index (χ0v) is 13.8. The third kappa shape index (κ3) is 2.78. The minimum Gasteiger partial charge on any atom is -0.377 e. The number of hydrogen-bond donors (Lipinski definition) is 0. The van der Waals surface area contributed by atoms with Crippen molar-refractivity contribution in [3.63, 3.8) is 0 Å². The van der Waals surface area contributed by atoms with Crippen molar-refractivity contribution in [1.29, 1.82) is 0 Å². The molecule has 0 aromatic carbocycles. The Morgan fingerprint density at radius 3 is 2.96 bits per heavy atom. The summed E-state index contributed by atoms with van der Waals surface area (Å²) in [6.45, 7) is 6.50. The maximum absolute atomic E-state index is 12.7. The molecule has 0 radical (unpaired) electrons. The van der Waals surface area contributed by atoms with Gasteiger partial charge in [-0.1, -0.05) is 5.16 Å². The predicted octanol–water partition coefficient (Wildman–Crippen LogP) is 1.84. The first-order chi connectivity index (χ1) is 11.2. The molecule has 3 saturated heterocycles. The van der Waals surface area contributed by atoms with Crippen LogP contribution < -0.4 is 0 Å². The molecule has 3 fully saturated rings. The number of aryl methyl sites for hydroxylation is 1. The lowest BCUT2D eigenvalue weighted by Crippen LogP contribution is -2.68. The highest BCUT2D eigenvalue weighted by Crippen LogP contribution is 2.39. The number of hydrogen-bond acceptors (Lipinski definition) is 5. The van der Waals surface area contributed by atoms with Gasteiger partial charge in [-0.15, -0.1) is 0 Å². The number of carbonyl (C=O) groups is 1. The second-order valence-electron chi connectivity index (χ2n) is 7.21. The molecule has 1 aromatic heterocycles. The summed E-state index contributed by atoms with van der Waals surface area (Å²) in [5, 5.41) is 3.88. The predicted molar refractivity (Wildman–Crippen MR) is 84.3 cm³/mol. The fraction of sp³-hybridized carbons (Fsp3) is 0.765. The van der Waals surface area contributed by atoms with E-state index in [0.29, 0.717) is 17.6 Å². The zero-order chi connectivity index (χ0) is 15.9. The largest absolute Gasteiger partial charge is 0.377 e. The molecule has 0 bridgehead atoms. The summed E-state index contributed by atoms with van der Waals surface area (Å²) in [7, 11) is 0. The Kier molecular flexibility index (Phi) is 3.89. The number of piperidine rings is 1. The van der Waals surface area contributed by atoms with E-state index in [1.54, 1.807) is 6.07 Å². The van der Waals surface area contributed by atoms with Gasteiger partial charge in [0.15, 0.2) is 5.69 Å². The number of aromatic nitrogens is 1. The molecule has 0 unspecified atom stereocenters. The highest BCUT2D eigenvalue weighted by molar-refractivity contribution is 5.92. The third-order valence-corrected chi connectivity index (χ3v) is 5.66. The van der Waals surface area contributed by atoms with E-state index in [1.807, 2.05) is 11.8 Å². The van der Waals surface area contributed by atoms with E-state index in [9.17, 15) is 4.79 Å². The molecule has 2 atom stereocenters. The van der Waals surface area contributed by atoms with Gasteiger partial charge in [-0.05, 0) is 39.0 Å². The van der Waals surface area contributed by atoms with Gasteiger partial charge in [0.25, 0.3) is 5.91 Å². The Morgan fingerprint density at radius 2 is 2.30 bits per heavy atom. The summed E-state index contributed by atoms with van der Waals surface area (Å²) in [5.74, 6) is 0.689. The second-order valence-corrected chi connectivity index (χ2v) is 7.21. The summed E-state index contributed by atoms with van der Waals surface area (Å²) in [6, 6.07) is 1.73. The van der Waals surface area contributed by atoms with Gasteiger partial charge in [-0.3, -0.25) is 9.69 Å². The molecule has 23 heavy (non-hydrogen) atoms. The lowest BCUT2D eigenvalue weighted by atomic mass is 9.77. The van der Waals surface area contributed by atoms with Crippen LogP contribution in [0.3, 0.4) is 0 Å². The molecule has 3 aliphatic rings. The molecule has 1 amide bonds. The van der Waals surface area contributed by atoms with E-state index in [4.69, 9.17) is 9.26 Å². The summed E-state index contributed by atoms with van der Waals surface area (Å²) < 4.78 is 10.8. The lowest BCUT2D eigenvalue weighted by molar-refractivity contribution is -0.0807. The van der Waals surface area contributed by atoms with E-state index < -0.39 is 0 Å². The van der Waals surface area contributed by atoms with Crippen LogP contribution in [0.15, 0.2) is 10.6 Å². The SMILES string of the molecule is Cc1cc(C(=O)N2CCC[C@]3(CCN3C[C@@H]3CCCO3)C2)no1. The van der Waals surface area contributed by atoms with E-state index >= 15 is 0 Å². The number of nitrogens with zero attached hydrogens (tertiary/aromatic N) is 3. The van der Waals surface area contributed by atoms with Crippen LogP contribution in [0.4, 0.5) is 0 Å². The molecule has 126 valence electrons. The first kappa shape index (κ1) is 15.1. The molecule has 0 N–H and O–H groups in total. The van der Waals surface area contributed by atoms with Gasteiger partial charge < -0.3 is 14.2 Å². The summed E-state index contributed by atoms with van der Waals surface area (Å²) in [6.07, 6.45) is 6.17. The van der Waals surface area contributed by atoms with Crippen LogP contribution in [0.25, 0.3) is 0 Å². The lowest BCUT2D eigenvalue weighted by Gasteiger charge is -2.57. The minimum atomic E-state index is 0.00453. The van der Waals surface area contributed by atoms with Gasteiger partial charge in [0.05, 0.1) is 6.10 Å². The molecular formula is C17H25N3O3. The number of amides is 1. The fourth-order valence-electron chi connectivity index (χ4n) is 4.28. The van der Waals surface area contributed by atoms with Gasteiger partial charge >= 0.3 is 0 Å². The Balaban J connectivity index is 1.43. The molecule has 4 rings (SSSR count). The Labute approximate surface area is 136 Å². The van der Waals surface area contributed by atoms with Crippen molar-refractivity contribution in [1.82, 2.24) is 15.0 Å². The van der Waals surface area contributed by atoms with Gasteiger partial charge in [-0.25, -0.2) is 0 Å². The molecule has 1 spiro atoms. The van der Waals surface area contributed by atoms with Crippen LogP contribution in [0.2, 0.25) is 0 Å².